The van der Waals surface area contributed by atoms with Gasteiger partial charge in [0.05, 0.1) is 36.1 Å². The van der Waals surface area contributed by atoms with Gasteiger partial charge in [-0.25, -0.2) is 9.50 Å². The average molecular weight is 492 g/mol. The van der Waals surface area contributed by atoms with Crippen LogP contribution in [0.25, 0.3) is 16.6 Å². The molecule has 0 unspecified atom stereocenters. The highest BCUT2D eigenvalue weighted by atomic mass is 16.5. The first-order valence-electron chi connectivity index (χ1n) is 13.7. The molecule has 9 heteroatoms. The number of hydrogen-bond acceptors (Lipinski definition) is 7. The summed E-state index contributed by atoms with van der Waals surface area (Å²) in [4.78, 5) is 23.6. The van der Waals surface area contributed by atoms with Crippen LogP contribution in [0.15, 0.2) is 36.8 Å². The second-order valence-corrected chi connectivity index (χ2v) is 9.44. The van der Waals surface area contributed by atoms with Crippen LogP contribution in [0.4, 0.5) is 5.82 Å². The first kappa shape index (κ1) is 22.8. The number of hydrogen-bond donors (Lipinski definition) is 0. The summed E-state index contributed by atoms with van der Waals surface area (Å²) in [5, 5.41) is 13.9. The van der Waals surface area contributed by atoms with Crippen molar-refractivity contribution in [2.24, 2.45) is 5.92 Å². The van der Waals surface area contributed by atoms with E-state index in [9.17, 15) is 10.1 Å². The Bertz CT molecular complexity index is 1280. The van der Waals surface area contributed by atoms with E-state index in [0.29, 0.717) is 62.0 Å². The van der Waals surface area contributed by atoms with E-state index in [2.05, 4.69) is 29.9 Å². The molecule has 0 aromatic carbocycles. The molecule has 0 aliphatic carbocycles. The number of nitrogens with zero attached hydrogens (tertiary/aromatic N) is 7. The second kappa shape index (κ2) is 11.0. The molecule has 36 heavy (non-hydrogen) atoms. The number of carbonyl (C=O) groups is 1. The molecule has 0 saturated carbocycles. The van der Waals surface area contributed by atoms with Gasteiger partial charge in [0, 0.05) is 46.2 Å². The van der Waals surface area contributed by atoms with Crippen LogP contribution in [0.2, 0.25) is 0 Å². The fourth-order valence-corrected chi connectivity index (χ4v) is 4.60. The number of nitriles is 1. The summed E-state index contributed by atoms with van der Waals surface area (Å²) < 4.78 is 22.9. The lowest BCUT2D eigenvalue weighted by Gasteiger charge is -2.38. The number of ether oxygens (including phenoxy) is 1. The van der Waals surface area contributed by atoms with Crippen LogP contribution in [-0.4, -0.2) is 83.2 Å². The fourth-order valence-electron chi connectivity index (χ4n) is 4.60. The molecule has 0 N–H and O–H groups in total. The molecule has 0 bridgehead atoms. The normalized spacial score (nSPS) is 15.7. The van der Waals surface area contributed by atoms with E-state index in [1.807, 2.05) is 30.0 Å². The third-order valence-electron chi connectivity index (χ3n) is 6.41. The minimum atomic E-state index is -0.430. The summed E-state index contributed by atoms with van der Waals surface area (Å²) in [6.07, 6.45) is 5.76. The van der Waals surface area contributed by atoms with Gasteiger partial charge in [-0.3, -0.25) is 9.69 Å². The van der Waals surface area contributed by atoms with Gasteiger partial charge in [0.15, 0.2) is 0 Å². The zero-order valence-corrected chi connectivity index (χ0v) is 21.2. The van der Waals surface area contributed by atoms with Gasteiger partial charge in [0.2, 0.25) is 5.91 Å². The molecular formula is C27H35N7O2. The number of rotatable bonds is 8. The van der Waals surface area contributed by atoms with Gasteiger partial charge in [-0.2, -0.15) is 10.4 Å². The lowest BCUT2D eigenvalue weighted by Crippen LogP contribution is -2.54. The summed E-state index contributed by atoms with van der Waals surface area (Å²) >= 11 is 0. The van der Waals surface area contributed by atoms with Gasteiger partial charge >= 0.3 is 0 Å². The van der Waals surface area contributed by atoms with Crippen LogP contribution in [-0.2, 0) is 4.79 Å². The summed E-state index contributed by atoms with van der Waals surface area (Å²) in [6, 6.07) is 7.64. The predicted molar refractivity (Wildman–Crippen MR) is 140 cm³/mol. The molecule has 1 amide bonds. The molecule has 4 heterocycles. The quantitative estimate of drug-likeness (QED) is 0.478. The summed E-state index contributed by atoms with van der Waals surface area (Å²) in [5.41, 5.74) is 2.87. The van der Waals surface area contributed by atoms with Crippen LogP contribution in [0.3, 0.4) is 0 Å². The van der Waals surface area contributed by atoms with Crippen molar-refractivity contribution in [2.45, 2.75) is 33.2 Å². The molecule has 1 aliphatic heterocycles. The zero-order valence-electron chi connectivity index (χ0n) is 23.2. The molecule has 0 radical (unpaired) electrons. The molecule has 1 atom stereocenters. The van der Waals surface area contributed by atoms with Crippen LogP contribution < -0.4 is 9.64 Å². The Balaban J connectivity index is 1.49. The van der Waals surface area contributed by atoms with E-state index >= 15 is 0 Å². The minimum Gasteiger partial charge on any atom is -0.492 e. The Kier molecular flexibility index (Phi) is 6.94. The van der Waals surface area contributed by atoms with Crippen LogP contribution in [0.5, 0.6) is 5.75 Å². The number of likely N-dealkylation sites (N-methyl/N-ethyl adjacent to an activating group) is 1. The third-order valence-corrected chi connectivity index (χ3v) is 6.41. The Morgan fingerprint density at radius 2 is 2.03 bits per heavy atom. The molecule has 190 valence electrons. The van der Waals surface area contributed by atoms with Gasteiger partial charge < -0.3 is 14.5 Å². The Morgan fingerprint density at radius 1 is 1.25 bits per heavy atom. The van der Waals surface area contributed by atoms with Crippen molar-refractivity contribution in [1.29, 1.82) is 5.26 Å². The molecule has 0 spiro atoms. The lowest BCUT2D eigenvalue weighted by atomic mass is 10.0. The van der Waals surface area contributed by atoms with Crippen molar-refractivity contribution < 1.29 is 12.3 Å². The first-order chi connectivity index (χ1) is 18.4. The maximum absolute atomic E-state index is 13.3. The maximum Gasteiger partial charge on any atom is 0.240 e. The van der Waals surface area contributed by atoms with Crippen molar-refractivity contribution in [3.05, 3.63) is 42.4 Å². The SMILES string of the molecule is [2H]CN(C[2H])[C@@H](CC(C)C)C(=O)N1CCN(c2ccc(-c3cc(OCC)cn4ncc(C#N)c34)cn2)CC1. The van der Waals surface area contributed by atoms with E-state index in [1.165, 1.54) is 0 Å². The summed E-state index contributed by atoms with van der Waals surface area (Å²) in [6.45, 7) is 9.00. The number of aromatic nitrogens is 3. The number of amides is 1. The van der Waals surface area contributed by atoms with E-state index in [1.54, 1.807) is 28.0 Å². The number of pyridine rings is 2. The number of carbonyl (C=O) groups excluding carboxylic acids is 1. The number of anilines is 1. The monoisotopic (exact) mass is 491 g/mol. The minimum absolute atomic E-state index is 0.00783. The number of piperazine rings is 1. The van der Waals surface area contributed by atoms with E-state index in [-0.39, 0.29) is 20.0 Å². The molecule has 1 fully saturated rings. The van der Waals surface area contributed by atoms with Crippen molar-refractivity contribution in [3.8, 4) is 22.9 Å². The van der Waals surface area contributed by atoms with Gasteiger partial charge in [0.25, 0.3) is 0 Å². The van der Waals surface area contributed by atoms with Crippen LogP contribution >= 0.6 is 0 Å². The highest BCUT2D eigenvalue weighted by Crippen LogP contribution is 2.31. The Labute approximate surface area is 215 Å². The maximum atomic E-state index is 13.3. The molecule has 1 saturated heterocycles. The standard InChI is InChI=1S/C27H35N7O2/c1-6-36-22-14-23(26-21(15-28)17-30-34(26)18-22)20-7-8-25(29-16-20)32-9-11-33(12-10-32)27(35)24(31(4)5)13-19(2)3/h7-8,14,16-19,24H,6,9-13H2,1-5H3/t24-/m0/s1/i4D,5D. The third kappa shape index (κ3) is 5.29. The topological polar surface area (TPSA) is 90.0 Å². The van der Waals surface area contributed by atoms with Crippen LogP contribution in [0.1, 0.15) is 35.5 Å². The second-order valence-electron chi connectivity index (χ2n) is 9.44. The highest BCUT2D eigenvalue weighted by Gasteiger charge is 2.29. The largest absolute Gasteiger partial charge is 0.492 e. The highest BCUT2D eigenvalue weighted by molar-refractivity contribution is 5.85. The van der Waals surface area contributed by atoms with Crippen LogP contribution in [0, 0.1) is 17.2 Å². The van der Waals surface area contributed by atoms with Crippen molar-refractivity contribution >= 4 is 17.2 Å². The van der Waals surface area contributed by atoms with Crippen molar-refractivity contribution in [2.75, 3.05) is 51.7 Å². The van der Waals surface area contributed by atoms with Crippen molar-refractivity contribution in [1.82, 2.24) is 24.4 Å². The van der Waals surface area contributed by atoms with E-state index in [4.69, 9.17) is 12.5 Å². The molecule has 3 aromatic heterocycles. The zero-order chi connectivity index (χ0) is 27.2. The number of fused-ring (bicyclic) bond motifs is 1. The molecule has 3 aromatic rings. The first-order valence-corrected chi connectivity index (χ1v) is 12.3. The summed E-state index contributed by atoms with van der Waals surface area (Å²) in [5.74, 6) is 1.80. The predicted octanol–water partition coefficient (Wildman–Crippen LogP) is 3.29. The Hall–Kier alpha value is -3.64. The lowest BCUT2D eigenvalue weighted by molar-refractivity contribution is -0.137. The molecular weight excluding hydrogens is 454 g/mol. The molecule has 9 nitrogen and oxygen atoms in total. The van der Waals surface area contributed by atoms with Gasteiger partial charge in [-0.15, -0.1) is 0 Å². The molecule has 1 aliphatic rings. The fraction of sp³-hybridized carbons (Fsp3) is 0.481. The van der Waals surface area contributed by atoms with Gasteiger partial charge in [-0.05, 0) is 51.5 Å². The van der Waals surface area contributed by atoms with Gasteiger partial charge in [0.1, 0.15) is 17.6 Å². The Morgan fingerprint density at radius 3 is 2.64 bits per heavy atom. The van der Waals surface area contributed by atoms with Crippen molar-refractivity contribution in [3.63, 3.8) is 0 Å². The summed E-state index contributed by atoms with van der Waals surface area (Å²) in [7, 11) is -0.115. The average Bonchev–Trinajstić information content (AvgIpc) is 3.35. The molecule has 4 rings (SSSR count). The van der Waals surface area contributed by atoms with E-state index < -0.39 is 6.04 Å². The smallest absolute Gasteiger partial charge is 0.240 e. The van der Waals surface area contributed by atoms with E-state index in [0.717, 1.165) is 16.9 Å². The van der Waals surface area contributed by atoms with Gasteiger partial charge in [-0.1, -0.05) is 13.8 Å².